The Hall–Kier alpha value is -0.950. The minimum atomic E-state index is -3.11. The number of amides is 1. The van der Waals surface area contributed by atoms with Crippen LogP contribution in [0.15, 0.2) is 11.5 Å². The first-order valence-corrected chi connectivity index (χ1v) is 7.68. The van der Waals surface area contributed by atoms with Gasteiger partial charge in [-0.2, -0.15) is 0 Å². The van der Waals surface area contributed by atoms with E-state index in [1.807, 2.05) is 4.90 Å². The number of halogens is 1. The van der Waals surface area contributed by atoms with Crippen molar-refractivity contribution in [3.63, 3.8) is 0 Å². The third-order valence-electron chi connectivity index (χ3n) is 3.64. The fraction of sp³-hybridized carbons (Fsp3) is 0.727. The molecule has 18 heavy (non-hydrogen) atoms. The molecule has 2 N–H and O–H groups in total. The van der Waals surface area contributed by atoms with Crippen molar-refractivity contribution in [2.45, 2.75) is 31.0 Å². The lowest BCUT2D eigenvalue weighted by atomic mass is 9.96. The number of nitrogens with zero attached hydrogens (tertiary/aromatic N) is 1. The zero-order valence-corrected chi connectivity index (χ0v) is 10.8. The molecule has 2 heterocycles. The van der Waals surface area contributed by atoms with Gasteiger partial charge in [-0.3, -0.25) is 9.69 Å². The average Bonchev–Trinajstić information content (AvgIpc) is 2.51. The van der Waals surface area contributed by atoms with Gasteiger partial charge in [0.05, 0.1) is 5.75 Å². The molecule has 2 rings (SSSR count). The van der Waals surface area contributed by atoms with Gasteiger partial charge in [-0.05, 0) is 19.4 Å². The van der Waals surface area contributed by atoms with Crippen LogP contribution in [0.5, 0.6) is 0 Å². The van der Waals surface area contributed by atoms with Crippen LogP contribution < -0.4 is 5.73 Å². The number of sulfone groups is 1. The zero-order valence-electron chi connectivity index (χ0n) is 10.0. The van der Waals surface area contributed by atoms with Crippen LogP contribution in [0.1, 0.15) is 19.3 Å². The predicted molar refractivity (Wildman–Crippen MR) is 65.2 cm³/mol. The standard InChI is InChI=1S/C11H17FN2O3S/c12-11(10(13)15)3-1-5-14(6-4-11)9-2-7-18(16,17)8-9/h2,7,9H,1,3-6,8H2,(H2,13,15)/t9-,11?/m1/s1. The minimum absolute atomic E-state index is 0.0344. The first-order chi connectivity index (χ1) is 8.32. The highest BCUT2D eigenvalue weighted by Gasteiger charge is 2.39. The molecule has 7 heteroatoms. The normalized spacial score (nSPS) is 36.4. The fourth-order valence-electron chi connectivity index (χ4n) is 2.48. The van der Waals surface area contributed by atoms with Crippen LogP contribution in [-0.2, 0) is 14.6 Å². The topological polar surface area (TPSA) is 80.5 Å². The second-order valence-corrected chi connectivity index (χ2v) is 6.88. The van der Waals surface area contributed by atoms with Crippen LogP contribution >= 0.6 is 0 Å². The summed E-state index contributed by atoms with van der Waals surface area (Å²) in [6.07, 6.45) is 2.28. The molecule has 1 unspecified atom stereocenters. The summed E-state index contributed by atoms with van der Waals surface area (Å²) in [7, 11) is -3.11. The van der Waals surface area contributed by atoms with Gasteiger partial charge in [0.15, 0.2) is 15.5 Å². The van der Waals surface area contributed by atoms with Crippen LogP contribution in [0.25, 0.3) is 0 Å². The summed E-state index contributed by atoms with van der Waals surface area (Å²) in [5, 5.41) is 1.21. The van der Waals surface area contributed by atoms with Gasteiger partial charge in [0.2, 0.25) is 0 Å². The summed E-state index contributed by atoms with van der Waals surface area (Å²) in [6, 6.07) is -0.203. The number of hydrogen-bond donors (Lipinski definition) is 1. The Labute approximate surface area is 106 Å². The number of nitrogens with two attached hydrogens (primary N) is 1. The molecule has 0 radical (unpaired) electrons. The molecule has 0 bridgehead atoms. The van der Waals surface area contributed by atoms with Gasteiger partial charge in [-0.15, -0.1) is 0 Å². The number of hydrogen-bond acceptors (Lipinski definition) is 4. The molecule has 2 atom stereocenters. The van der Waals surface area contributed by atoms with E-state index in [1.54, 1.807) is 6.08 Å². The maximum atomic E-state index is 14.1. The van der Waals surface area contributed by atoms with Gasteiger partial charge in [0, 0.05) is 24.4 Å². The molecule has 5 nitrogen and oxygen atoms in total. The zero-order chi connectivity index (χ0) is 13.4. The molecule has 0 aromatic heterocycles. The van der Waals surface area contributed by atoms with E-state index in [-0.39, 0.29) is 24.6 Å². The summed E-state index contributed by atoms with van der Waals surface area (Å²) >= 11 is 0. The number of alkyl halides is 1. The summed E-state index contributed by atoms with van der Waals surface area (Å²) in [6.45, 7) is 0.938. The van der Waals surface area contributed by atoms with E-state index < -0.39 is 21.4 Å². The van der Waals surface area contributed by atoms with Crippen molar-refractivity contribution >= 4 is 15.7 Å². The summed E-state index contributed by atoms with van der Waals surface area (Å²) in [5.41, 5.74) is 3.12. The molecule has 1 saturated heterocycles. The van der Waals surface area contributed by atoms with E-state index in [4.69, 9.17) is 5.73 Å². The van der Waals surface area contributed by atoms with Crippen molar-refractivity contribution in [1.82, 2.24) is 4.90 Å². The lowest BCUT2D eigenvalue weighted by molar-refractivity contribution is -0.130. The van der Waals surface area contributed by atoms with E-state index in [0.717, 1.165) is 0 Å². The molecule has 0 spiro atoms. The van der Waals surface area contributed by atoms with E-state index in [9.17, 15) is 17.6 Å². The van der Waals surface area contributed by atoms with Crippen LogP contribution in [0.2, 0.25) is 0 Å². The molecule has 0 saturated carbocycles. The van der Waals surface area contributed by atoms with Crippen LogP contribution in [-0.4, -0.2) is 49.8 Å². The first-order valence-electron chi connectivity index (χ1n) is 5.96. The Morgan fingerprint density at radius 3 is 2.67 bits per heavy atom. The van der Waals surface area contributed by atoms with Crippen molar-refractivity contribution in [3.05, 3.63) is 11.5 Å². The molecular formula is C11H17FN2O3S. The van der Waals surface area contributed by atoms with Crippen molar-refractivity contribution in [2.75, 3.05) is 18.8 Å². The van der Waals surface area contributed by atoms with Gasteiger partial charge in [0.1, 0.15) is 0 Å². The molecular weight excluding hydrogens is 259 g/mol. The van der Waals surface area contributed by atoms with E-state index in [1.165, 1.54) is 5.41 Å². The number of carbonyl (C=O) groups is 1. The predicted octanol–water partition coefficient (Wildman–Crippen LogP) is -0.0234. The van der Waals surface area contributed by atoms with Gasteiger partial charge in [-0.25, -0.2) is 12.8 Å². The molecule has 2 aliphatic rings. The number of likely N-dealkylation sites (tertiary alicyclic amines) is 1. The summed E-state index contributed by atoms with van der Waals surface area (Å²) < 4.78 is 36.8. The summed E-state index contributed by atoms with van der Waals surface area (Å²) in [4.78, 5) is 13.0. The molecule has 0 aromatic carbocycles. The molecule has 2 aliphatic heterocycles. The largest absolute Gasteiger partial charge is 0.367 e. The number of carbonyl (C=O) groups excluding carboxylic acids is 1. The highest BCUT2D eigenvalue weighted by atomic mass is 32.2. The smallest absolute Gasteiger partial charge is 0.255 e. The maximum absolute atomic E-state index is 14.1. The second-order valence-electron chi connectivity index (χ2n) is 4.94. The lowest BCUT2D eigenvalue weighted by Gasteiger charge is -2.25. The second kappa shape index (κ2) is 4.62. The van der Waals surface area contributed by atoms with Gasteiger partial charge in [-0.1, -0.05) is 6.08 Å². The van der Waals surface area contributed by atoms with Gasteiger partial charge >= 0.3 is 0 Å². The van der Waals surface area contributed by atoms with Crippen molar-refractivity contribution in [2.24, 2.45) is 5.73 Å². The molecule has 0 aliphatic carbocycles. The van der Waals surface area contributed by atoms with Crippen LogP contribution in [0.3, 0.4) is 0 Å². The van der Waals surface area contributed by atoms with Gasteiger partial charge in [0.25, 0.3) is 5.91 Å². The van der Waals surface area contributed by atoms with E-state index in [0.29, 0.717) is 19.5 Å². The van der Waals surface area contributed by atoms with Gasteiger partial charge < -0.3 is 5.73 Å². The molecule has 1 fully saturated rings. The Morgan fingerprint density at radius 2 is 2.11 bits per heavy atom. The van der Waals surface area contributed by atoms with Crippen LogP contribution in [0, 0.1) is 0 Å². The Kier molecular flexibility index (Phi) is 3.46. The fourth-order valence-corrected chi connectivity index (χ4v) is 3.81. The quantitative estimate of drug-likeness (QED) is 0.768. The maximum Gasteiger partial charge on any atom is 0.255 e. The van der Waals surface area contributed by atoms with Crippen molar-refractivity contribution in [3.8, 4) is 0 Å². The Bertz CT molecular complexity index is 477. The van der Waals surface area contributed by atoms with E-state index >= 15 is 0 Å². The minimum Gasteiger partial charge on any atom is -0.367 e. The Balaban J connectivity index is 2.03. The monoisotopic (exact) mass is 276 g/mol. The van der Waals surface area contributed by atoms with E-state index in [2.05, 4.69) is 0 Å². The third kappa shape index (κ3) is 2.72. The molecule has 1 amide bonds. The third-order valence-corrected chi connectivity index (χ3v) is 5.01. The van der Waals surface area contributed by atoms with Crippen molar-refractivity contribution in [1.29, 1.82) is 0 Å². The number of rotatable bonds is 2. The Morgan fingerprint density at radius 1 is 1.39 bits per heavy atom. The summed E-state index contributed by atoms with van der Waals surface area (Å²) in [5.74, 6) is -0.873. The van der Waals surface area contributed by atoms with Crippen LogP contribution in [0.4, 0.5) is 4.39 Å². The van der Waals surface area contributed by atoms with Crippen molar-refractivity contribution < 1.29 is 17.6 Å². The molecule has 102 valence electrons. The first kappa shape index (κ1) is 13.5. The SMILES string of the molecule is NC(=O)C1(F)CCCN([C@@H]2C=CS(=O)(=O)C2)CC1. The highest BCUT2D eigenvalue weighted by Crippen LogP contribution is 2.28. The lowest BCUT2D eigenvalue weighted by Crippen LogP contribution is -2.42. The average molecular weight is 276 g/mol. The highest BCUT2D eigenvalue weighted by molar-refractivity contribution is 7.94. The molecule has 0 aromatic rings. The number of primary amides is 1.